The first-order valence-electron chi connectivity index (χ1n) is 10.5. The van der Waals surface area contributed by atoms with Crippen LogP contribution in [0.2, 0.25) is 0 Å². The number of phenolic OH excluding ortho intramolecular Hbond substituents is 1. The summed E-state index contributed by atoms with van der Waals surface area (Å²) in [6.07, 6.45) is 1.59. The topological polar surface area (TPSA) is 20.2 Å². The zero-order chi connectivity index (χ0) is 21.3. The molecule has 0 amide bonds. The highest BCUT2D eigenvalue weighted by molar-refractivity contribution is 5.53. The van der Waals surface area contributed by atoms with Crippen molar-refractivity contribution in [2.45, 2.75) is 66.7 Å². The van der Waals surface area contributed by atoms with Gasteiger partial charge in [0.2, 0.25) is 0 Å². The van der Waals surface area contributed by atoms with Crippen molar-refractivity contribution >= 4 is 0 Å². The second kappa shape index (κ2) is 8.06. The van der Waals surface area contributed by atoms with Crippen molar-refractivity contribution in [2.24, 2.45) is 0 Å². The van der Waals surface area contributed by atoms with Gasteiger partial charge in [0.15, 0.2) is 0 Å². The van der Waals surface area contributed by atoms with Crippen LogP contribution in [0.1, 0.15) is 70.8 Å². The molecule has 0 aromatic heterocycles. The first-order chi connectivity index (χ1) is 13.6. The Labute approximate surface area is 176 Å². The normalized spacial score (nSPS) is 11.7. The van der Waals surface area contributed by atoms with Crippen molar-refractivity contribution in [3.05, 3.63) is 98.6 Å². The zero-order valence-electron chi connectivity index (χ0n) is 19.0. The molecule has 0 unspecified atom stereocenters. The zero-order valence-corrected chi connectivity index (χ0v) is 19.0. The minimum atomic E-state index is -0.0989. The maximum Gasteiger partial charge on any atom is 0.123 e. The predicted octanol–water partition coefficient (Wildman–Crippen LogP) is 7.10. The Morgan fingerprint density at radius 1 is 0.655 bits per heavy atom. The van der Waals surface area contributed by atoms with Crippen LogP contribution in [0.15, 0.2) is 48.5 Å². The molecule has 152 valence electrons. The van der Waals surface area contributed by atoms with Crippen LogP contribution >= 0.6 is 0 Å². The van der Waals surface area contributed by atoms with Crippen molar-refractivity contribution in [2.75, 3.05) is 0 Å². The van der Waals surface area contributed by atoms with E-state index < -0.39 is 0 Å². The predicted molar refractivity (Wildman–Crippen MR) is 124 cm³/mol. The Kier molecular flexibility index (Phi) is 5.89. The van der Waals surface area contributed by atoms with E-state index in [0.29, 0.717) is 5.75 Å². The van der Waals surface area contributed by atoms with E-state index in [1.165, 1.54) is 38.9 Å². The van der Waals surface area contributed by atoms with Gasteiger partial charge in [-0.15, -0.1) is 0 Å². The smallest absolute Gasteiger partial charge is 0.123 e. The van der Waals surface area contributed by atoms with Crippen molar-refractivity contribution in [3.8, 4) is 5.75 Å². The lowest BCUT2D eigenvalue weighted by Crippen LogP contribution is -2.13. The van der Waals surface area contributed by atoms with Crippen LogP contribution in [0, 0.1) is 27.7 Å². The summed E-state index contributed by atoms with van der Waals surface area (Å²) in [4.78, 5) is 0. The average molecular weight is 387 g/mol. The third kappa shape index (κ3) is 4.40. The summed E-state index contributed by atoms with van der Waals surface area (Å²) in [6.45, 7) is 15.2. The lowest BCUT2D eigenvalue weighted by atomic mass is 9.81. The van der Waals surface area contributed by atoms with Gasteiger partial charge < -0.3 is 5.11 Å². The number of aryl methyl sites for hydroxylation is 2. The van der Waals surface area contributed by atoms with Gasteiger partial charge in [-0.25, -0.2) is 0 Å². The Hall–Kier alpha value is -2.54. The Bertz CT molecular complexity index is 1030. The lowest BCUT2D eigenvalue weighted by Gasteiger charge is -2.24. The number of benzene rings is 3. The summed E-state index contributed by atoms with van der Waals surface area (Å²) in [5, 5.41) is 11.3. The molecule has 1 nitrogen and oxygen atoms in total. The number of hydrogen-bond acceptors (Lipinski definition) is 1. The molecular weight excluding hydrogens is 352 g/mol. The number of phenols is 1. The fourth-order valence-electron chi connectivity index (χ4n) is 4.05. The van der Waals surface area contributed by atoms with E-state index in [2.05, 4.69) is 97.0 Å². The molecule has 0 saturated carbocycles. The monoisotopic (exact) mass is 386 g/mol. The van der Waals surface area contributed by atoms with Crippen molar-refractivity contribution < 1.29 is 5.11 Å². The molecule has 0 spiro atoms. The molecule has 3 aromatic carbocycles. The van der Waals surface area contributed by atoms with E-state index in [0.717, 1.165) is 24.0 Å². The summed E-state index contributed by atoms with van der Waals surface area (Å²) in [5.74, 6) is 0.459. The van der Waals surface area contributed by atoms with E-state index in [-0.39, 0.29) is 5.41 Å². The molecule has 0 heterocycles. The molecule has 1 heteroatoms. The Morgan fingerprint density at radius 3 is 1.69 bits per heavy atom. The number of hydrogen-bond donors (Lipinski definition) is 1. The second-order valence-corrected chi connectivity index (χ2v) is 9.42. The summed E-state index contributed by atoms with van der Waals surface area (Å²) in [6, 6.07) is 17.3. The molecule has 0 aliphatic carbocycles. The molecule has 0 radical (unpaired) electrons. The van der Waals surface area contributed by atoms with Crippen LogP contribution in [0.5, 0.6) is 5.75 Å². The highest BCUT2D eigenvalue weighted by Crippen LogP contribution is 2.37. The third-order valence-electron chi connectivity index (χ3n) is 6.37. The SMILES string of the molecule is Cc1cccc(Cc2ccc(C(C)(C)C)c(O)c2Cc2cccc(C)c2C)c1C. The second-order valence-electron chi connectivity index (χ2n) is 9.42. The van der Waals surface area contributed by atoms with Crippen molar-refractivity contribution in [3.63, 3.8) is 0 Å². The van der Waals surface area contributed by atoms with E-state index in [4.69, 9.17) is 0 Å². The van der Waals surface area contributed by atoms with Gasteiger partial charge >= 0.3 is 0 Å². The van der Waals surface area contributed by atoms with Gasteiger partial charge in [0.05, 0.1) is 0 Å². The maximum atomic E-state index is 11.3. The summed E-state index contributed by atoms with van der Waals surface area (Å²) < 4.78 is 0. The van der Waals surface area contributed by atoms with Crippen LogP contribution in [-0.2, 0) is 18.3 Å². The quantitative estimate of drug-likeness (QED) is 0.507. The summed E-state index contributed by atoms with van der Waals surface area (Å²) in [5.41, 5.74) is 11.1. The fourth-order valence-corrected chi connectivity index (χ4v) is 4.05. The highest BCUT2D eigenvalue weighted by atomic mass is 16.3. The molecular formula is C28H34O. The fraction of sp³-hybridized carbons (Fsp3) is 0.357. The van der Waals surface area contributed by atoms with Crippen LogP contribution in [0.25, 0.3) is 0 Å². The average Bonchev–Trinajstić information content (AvgIpc) is 2.64. The molecule has 0 fully saturated rings. The molecule has 0 aliphatic rings. The van der Waals surface area contributed by atoms with Gasteiger partial charge in [0.1, 0.15) is 5.75 Å². The summed E-state index contributed by atoms with van der Waals surface area (Å²) in [7, 11) is 0. The van der Waals surface area contributed by atoms with Crippen molar-refractivity contribution in [1.29, 1.82) is 0 Å². The molecule has 3 aromatic rings. The van der Waals surface area contributed by atoms with E-state index in [9.17, 15) is 5.11 Å². The van der Waals surface area contributed by atoms with Gasteiger partial charge in [-0.2, -0.15) is 0 Å². The molecule has 0 saturated heterocycles. The minimum Gasteiger partial charge on any atom is -0.507 e. The summed E-state index contributed by atoms with van der Waals surface area (Å²) >= 11 is 0. The molecule has 29 heavy (non-hydrogen) atoms. The maximum absolute atomic E-state index is 11.3. The van der Waals surface area contributed by atoms with Gasteiger partial charge in [0, 0.05) is 12.0 Å². The largest absolute Gasteiger partial charge is 0.507 e. The van der Waals surface area contributed by atoms with Crippen LogP contribution in [0.4, 0.5) is 0 Å². The van der Waals surface area contributed by atoms with Gasteiger partial charge in [-0.3, -0.25) is 0 Å². The van der Waals surface area contributed by atoms with Gasteiger partial charge in [-0.1, -0.05) is 69.3 Å². The van der Waals surface area contributed by atoms with Crippen LogP contribution < -0.4 is 0 Å². The molecule has 0 aliphatic heterocycles. The number of aromatic hydroxyl groups is 1. The van der Waals surface area contributed by atoms with Gasteiger partial charge in [0.25, 0.3) is 0 Å². The number of rotatable bonds is 4. The lowest BCUT2D eigenvalue weighted by molar-refractivity contribution is 0.440. The minimum absolute atomic E-state index is 0.0989. The molecule has 0 atom stereocenters. The highest BCUT2D eigenvalue weighted by Gasteiger charge is 2.23. The Morgan fingerprint density at radius 2 is 1.17 bits per heavy atom. The molecule has 1 N–H and O–H groups in total. The van der Waals surface area contributed by atoms with Crippen LogP contribution in [0.3, 0.4) is 0 Å². The van der Waals surface area contributed by atoms with E-state index in [1.54, 1.807) is 0 Å². The first-order valence-corrected chi connectivity index (χ1v) is 10.5. The third-order valence-corrected chi connectivity index (χ3v) is 6.37. The van der Waals surface area contributed by atoms with E-state index >= 15 is 0 Å². The standard InChI is InChI=1S/C28H34O/c1-18-10-8-12-22(20(18)3)16-24-14-15-26(28(5,6)7)27(29)25(24)17-23-13-9-11-19(2)21(23)4/h8-15,29H,16-17H2,1-7H3. The molecule has 3 rings (SSSR count). The molecule has 0 bridgehead atoms. The Balaban J connectivity index is 2.14. The van der Waals surface area contributed by atoms with Gasteiger partial charge in [-0.05, 0) is 84.0 Å². The van der Waals surface area contributed by atoms with Crippen molar-refractivity contribution in [1.82, 2.24) is 0 Å². The van der Waals surface area contributed by atoms with Crippen LogP contribution in [-0.4, -0.2) is 5.11 Å². The van der Waals surface area contributed by atoms with E-state index in [1.807, 2.05) is 0 Å². The first kappa shape index (κ1) is 21.2.